The Morgan fingerprint density at radius 2 is 2.09 bits per heavy atom. The van der Waals surface area contributed by atoms with Gasteiger partial charge in [-0.15, -0.1) is 0 Å². The summed E-state index contributed by atoms with van der Waals surface area (Å²) in [6.45, 7) is 1.26. The molecule has 0 saturated carbocycles. The SMILES string of the molecule is O=C1[C@H](n2cc([N+](=O)[O-])cn2)CCCN1Cc1ccccc1. The minimum absolute atomic E-state index is 0.0342. The number of rotatable bonds is 4. The van der Waals surface area contributed by atoms with E-state index in [0.29, 0.717) is 19.5 Å². The second-order valence-corrected chi connectivity index (χ2v) is 5.34. The number of nitro groups is 1. The molecule has 1 saturated heterocycles. The molecule has 3 rings (SSSR count). The molecule has 1 aliphatic rings. The van der Waals surface area contributed by atoms with Gasteiger partial charge in [-0.05, 0) is 18.4 Å². The van der Waals surface area contributed by atoms with Crippen molar-refractivity contribution in [2.24, 2.45) is 0 Å². The number of hydrogen-bond acceptors (Lipinski definition) is 4. The molecule has 0 radical (unpaired) electrons. The smallest absolute Gasteiger partial charge is 0.307 e. The maximum Gasteiger partial charge on any atom is 0.307 e. The summed E-state index contributed by atoms with van der Waals surface area (Å²) < 4.78 is 1.41. The Hall–Kier alpha value is -2.70. The molecule has 114 valence electrons. The topological polar surface area (TPSA) is 81.3 Å². The molecule has 1 aliphatic heterocycles. The third-order valence-electron chi connectivity index (χ3n) is 3.84. The van der Waals surface area contributed by atoms with Crippen molar-refractivity contribution in [2.75, 3.05) is 6.54 Å². The molecule has 0 spiro atoms. The van der Waals surface area contributed by atoms with Crippen LogP contribution in [0.4, 0.5) is 5.69 Å². The molecule has 1 aromatic heterocycles. The average molecular weight is 300 g/mol. The van der Waals surface area contributed by atoms with E-state index in [1.54, 1.807) is 4.90 Å². The van der Waals surface area contributed by atoms with E-state index >= 15 is 0 Å². The summed E-state index contributed by atoms with van der Waals surface area (Å²) in [6, 6.07) is 9.33. The highest BCUT2D eigenvalue weighted by atomic mass is 16.6. The molecular weight excluding hydrogens is 284 g/mol. The van der Waals surface area contributed by atoms with Gasteiger partial charge in [0.15, 0.2) is 0 Å². The Labute approximate surface area is 127 Å². The molecule has 7 nitrogen and oxygen atoms in total. The summed E-state index contributed by atoms with van der Waals surface area (Å²) in [5.41, 5.74) is 0.982. The lowest BCUT2D eigenvalue weighted by atomic mass is 10.0. The predicted molar refractivity (Wildman–Crippen MR) is 79.0 cm³/mol. The van der Waals surface area contributed by atoms with Gasteiger partial charge in [0.05, 0.1) is 4.92 Å². The molecular formula is C15H16N4O3. The maximum atomic E-state index is 12.6. The highest BCUT2D eigenvalue weighted by Crippen LogP contribution is 2.25. The first kappa shape index (κ1) is 14.2. The first-order valence-corrected chi connectivity index (χ1v) is 7.16. The van der Waals surface area contributed by atoms with Gasteiger partial charge >= 0.3 is 5.69 Å². The Kier molecular flexibility index (Phi) is 3.86. The fraction of sp³-hybridized carbons (Fsp3) is 0.333. The fourth-order valence-corrected chi connectivity index (χ4v) is 2.72. The third-order valence-corrected chi connectivity index (χ3v) is 3.84. The number of carbonyl (C=O) groups is 1. The van der Waals surface area contributed by atoms with E-state index in [1.165, 1.54) is 17.1 Å². The van der Waals surface area contributed by atoms with Crippen LogP contribution in [0.3, 0.4) is 0 Å². The monoisotopic (exact) mass is 300 g/mol. The normalized spacial score (nSPS) is 18.5. The van der Waals surface area contributed by atoms with Crippen LogP contribution in [0.2, 0.25) is 0 Å². The first-order valence-electron chi connectivity index (χ1n) is 7.16. The number of carbonyl (C=O) groups excluding carboxylic acids is 1. The Bertz CT molecular complexity index is 683. The van der Waals surface area contributed by atoms with E-state index in [0.717, 1.165) is 12.0 Å². The van der Waals surface area contributed by atoms with Gasteiger partial charge in [-0.2, -0.15) is 5.10 Å². The van der Waals surface area contributed by atoms with Crippen molar-refractivity contribution >= 4 is 11.6 Å². The zero-order chi connectivity index (χ0) is 15.5. The summed E-state index contributed by atoms with van der Waals surface area (Å²) >= 11 is 0. The molecule has 0 bridgehead atoms. The van der Waals surface area contributed by atoms with Crippen molar-refractivity contribution in [3.63, 3.8) is 0 Å². The van der Waals surface area contributed by atoms with E-state index in [1.807, 2.05) is 30.3 Å². The Balaban J connectivity index is 1.76. The lowest BCUT2D eigenvalue weighted by Gasteiger charge is -2.32. The molecule has 0 aliphatic carbocycles. The molecule has 22 heavy (non-hydrogen) atoms. The number of amides is 1. The predicted octanol–water partition coefficient (Wildman–Crippen LogP) is 2.16. The van der Waals surface area contributed by atoms with E-state index in [2.05, 4.69) is 5.10 Å². The van der Waals surface area contributed by atoms with Gasteiger partial charge in [-0.1, -0.05) is 30.3 Å². The number of benzene rings is 1. The van der Waals surface area contributed by atoms with Crippen LogP contribution < -0.4 is 0 Å². The quantitative estimate of drug-likeness (QED) is 0.640. The van der Waals surface area contributed by atoms with E-state index in [4.69, 9.17) is 0 Å². The molecule has 2 aromatic rings. The molecule has 2 heterocycles. The molecule has 1 aromatic carbocycles. The van der Waals surface area contributed by atoms with Crippen molar-refractivity contribution in [1.29, 1.82) is 0 Å². The minimum atomic E-state index is -0.501. The van der Waals surface area contributed by atoms with Crippen LogP contribution in [0.5, 0.6) is 0 Å². The Morgan fingerprint density at radius 3 is 2.77 bits per heavy atom. The zero-order valence-corrected chi connectivity index (χ0v) is 12.0. The summed E-state index contributed by atoms with van der Waals surface area (Å²) in [7, 11) is 0. The molecule has 1 atom stereocenters. The van der Waals surface area contributed by atoms with Crippen LogP contribution >= 0.6 is 0 Å². The van der Waals surface area contributed by atoms with Crippen LogP contribution in [0, 0.1) is 10.1 Å². The highest BCUT2D eigenvalue weighted by molar-refractivity contribution is 5.81. The van der Waals surface area contributed by atoms with Gasteiger partial charge < -0.3 is 4.90 Å². The number of nitrogens with zero attached hydrogens (tertiary/aromatic N) is 4. The second-order valence-electron chi connectivity index (χ2n) is 5.34. The van der Waals surface area contributed by atoms with Crippen molar-refractivity contribution in [1.82, 2.24) is 14.7 Å². The van der Waals surface area contributed by atoms with Crippen molar-refractivity contribution < 1.29 is 9.72 Å². The van der Waals surface area contributed by atoms with Gasteiger partial charge in [0.1, 0.15) is 18.4 Å². The van der Waals surface area contributed by atoms with Gasteiger partial charge in [-0.3, -0.25) is 19.6 Å². The van der Waals surface area contributed by atoms with Gasteiger partial charge in [0.2, 0.25) is 5.91 Å². The lowest BCUT2D eigenvalue weighted by molar-refractivity contribution is -0.385. The minimum Gasteiger partial charge on any atom is -0.337 e. The number of aromatic nitrogens is 2. The van der Waals surface area contributed by atoms with Crippen molar-refractivity contribution in [3.8, 4) is 0 Å². The van der Waals surface area contributed by atoms with Crippen LogP contribution in [-0.2, 0) is 11.3 Å². The zero-order valence-electron chi connectivity index (χ0n) is 12.0. The number of hydrogen-bond donors (Lipinski definition) is 0. The fourth-order valence-electron chi connectivity index (χ4n) is 2.72. The molecule has 0 N–H and O–H groups in total. The Morgan fingerprint density at radius 1 is 1.32 bits per heavy atom. The second kappa shape index (κ2) is 5.97. The standard InChI is InChI=1S/C15H16N4O3/c20-15-14(18-11-13(9-16-18)19(21)22)7-4-8-17(15)10-12-5-2-1-3-6-12/h1-3,5-6,9,11,14H,4,7-8,10H2/t14-/m1/s1. The van der Waals surface area contributed by atoms with Gasteiger partial charge in [0.25, 0.3) is 0 Å². The summed E-state index contributed by atoms with van der Waals surface area (Å²) in [4.78, 5) is 24.6. The molecule has 0 unspecified atom stereocenters. The summed E-state index contributed by atoms with van der Waals surface area (Å²) in [6.07, 6.45) is 4.03. The molecule has 1 fully saturated rings. The molecule has 1 amide bonds. The van der Waals surface area contributed by atoms with Gasteiger partial charge in [-0.25, -0.2) is 0 Å². The maximum absolute atomic E-state index is 12.6. The summed E-state index contributed by atoms with van der Waals surface area (Å²) in [5.74, 6) is -0.0342. The molecule has 7 heteroatoms. The first-order chi connectivity index (χ1) is 10.6. The van der Waals surface area contributed by atoms with Crippen molar-refractivity contribution in [2.45, 2.75) is 25.4 Å². The van der Waals surface area contributed by atoms with Crippen LogP contribution in [0.15, 0.2) is 42.7 Å². The summed E-state index contributed by atoms with van der Waals surface area (Å²) in [5, 5.41) is 14.7. The largest absolute Gasteiger partial charge is 0.337 e. The number of piperidine rings is 1. The van der Waals surface area contributed by atoms with Crippen LogP contribution in [0.25, 0.3) is 0 Å². The van der Waals surface area contributed by atoms with E-state index in [-0.39, 0.29) is 11.6 Å². The number of likely N-dealkylation sites (tertiary alicyclic amines) is 1. The lowest BCUT2D eigenvalue weighted by Crippen LogP contribution is -2.41. The van der Waals surface area contributed by atoms with Crippen LogP contribution in [0.1, 0.15) is 24.4 Å². The highest BCUT2D eigenvalue weighted by Gasteiger charge is 2.31. The van der Waals surface area contributed by atoms with Crippen LogP contribution in [-0.4, -0.2) is 32.1 Å². The third kappa shape index (κ3) is 2.83. The average Bonchev–Trinajstić information content (AvgIpc) is 3.00. The van der Waals surface area contributed by atoms with Crippen molar-refractivity contribution in [3.05, 3.63) is 58.4 Å². The van der Waals surface area contributed by atoms with E-state index < -0.39 is 11.0 Å². The van der Waals surface area contributed by atoms with E-state index in [9.17, 15) is 14.9 Å². The van der Waals surface area contributed by atoms with Gasteiger partial charge in [0, 0.05) is 13.1 Å².